The van der Waals surface area contributed by atoms with Crippen LogP contribution in [0.3, 0.4) is 0 Å². The number of unbranched alkanes of at least 4 members (excludes halogenated alkanes) is 1. The molecule has 1 atom stereocenters. The fourth-order valence-corrected chi connectivity index (χ4v) is 2.32. The number of ether oxygens (including phenoxy) is 1. The van der Waals surface area contributed by atoms with Gasteiger partial charge in [-0.25, -0.2) is 4.72 Å². The van der Waals surface area contributed by atoms with Crippen molar-refractivity contribution < 1.29 is 14.6 Å². The molecule has 1 aromatic rings. The summed E-state index contributed by atoms with van der Waals surface area (Å²) in [5.41, 5.74) is 1.05. The van der Waals surface area contributed by atoms with Crippen LogP contribution >= 0.6 is 11.9 Å². The van der Waals surface area contributed by atoms with Crippen LogP contribution in [-0.4, -0.2) is 29.5 Å². The Hall–Kier alpha value is -1.04. The molecule has 1 aromatic carbocycles. The lowest BCUT2D eigenvalue weighted by atomic mass is 10.2. The minimum Gasteiger partial charge on any atom is -0.480 e. The predicted molar refractivity (Wildman–Crippen MR) is 84.8 cm³/mol. The third kappa shape index (κ3) is 8.19. The van der Waals surface area contributed by atoms with Crippen molar-refractivity contribution in [1.82, 2.24) is 4.72 Å². The van der Waals surface area contributed by atoms with Crippen LogP contribution in [0.15, 0.2) is 30.3 Å². The summed E-state index contributed by atoms with van der Waals surface area (Å²) in [7, 11) is 0. The monoisotopic (exact) mass is 299 g/mol. The van der Waals surface area contributed by atoms with Crippen LogP contribution < -0.4 is 4.72 Å². The average Bonchev–Trinajstić information content (AvgIpc) is 2.42. The third-order valence-corrected chi connectivity index (χ3v) is 3.46. The van der Waals surface area contributed by atoms with Crippen LogP contribution in [0.4, 0.5) is 0 Å². The van der Waals surface area contributed by atoms with E-state index in [4.69, 9.17) is 9.84 Å². The molecule has 2 N–H and O–H groups in total. The number of carbonyl (C=O) groups is 1. The lowest BCUT2D eigenvalue weighted by molar-refractivity contribution is -0.140. The number of aliphatic carboxylic acids is 1. The third-order valence-electron chi connectivity index (χ3n) is 2.52. The van der Waals surface area contributed by atoms with Crippen LogP contribution in [0.1, 0.15) is 32.8 Å². The Morgan fingerprint density at radius 3 is 2.70 bits per heavy atom. The van der Waals surface area contributed by atoms with Crippen molar-refractivity contribution in [2.24, 2.45) is 0 Å². The van der Waals surface area contributed by atoms with E-state index in [2.05, 4.69) is 11.6 Å². The molecule has 114 valence electrons. The summed E-state index contributed by atoms with van der Waals surface area (Å²) in [6.07, 6.45) is 2.19. The molecule has 0 saturated carbocycles. The quantitative estimate of drug-likeness (QED) is 0.512. The van der Waals surface area contributed by atoms with Crippen molar-refractivity contribution in [3.63, 3.8) is 0 Å². The Labute approximate surface area is 126 Å². The van der Waals surface area contributed by atoms with Crippen molar-refractivity contribution in [3.8, 4) is 0 Å². The SMILES string of the molecule is C.CCCCSNC(COCc1ccccc1)C(=O)O. The van der Waals surface area contributed by atoms with E-state index in [1.165, 1.54) is 11.9 Å². The molecule has 0 amide bonds. The summed E-state index contributed by atoms with van der Waals surface area (Å²) in [6.45, 7) is 2.72. The van der Waals surface area contributed by atoms with Gasteiger partial charge in [-0.15, -0.1) is 0 Å². The van der Waals surface area contributed by atoms with Crippen molar-refractivity contribution in [2.75, 3.05) is 12.4 Å². The first-order chi connectivity index (χ1) is 9.24. The molecule has 0 spiro atoms. The van der Waals surface area contributed by atoms with E-state index in [1.54, 1.807) is 0 Å². The van der Waals surface area contributed by atoms with Gasteiger partial charge in [0.1, 0.15) is 6.04 Å². The number of nitrogens with one attached hydrogen (secondary N) is 1. The van der Waals surface area contributed by atoms with E-state index < -0.39 is 12.0 Å². The zero-order valence-corrected chi connectivity index (χ0v) is 12.0. The first-order valence-corrected chi connectivity index (χ1v) is 7.44. The Balaban J connectivity index is 0.00000361. The number of hydrogen-bond acceptors (Lipinski definition) is 4. The minimum absolute atomic E-state index is 0. The van der Waals surface area contributed by atoms with Gasteiger partial charge < -0.3 is 9.84 Å². The molecule has 0 aliphatic heterocycles. The van der Waals surface area contributed by atoms with E-state index in [9.17, 15) is 4.79 Å². The first-order valence-electron chi connectivity index (χ1n) is 6.45. The van der Waals surface area contributed by atoms with Gasteiger partial charge in [-0.2, -0.15) is 0 Å². The van der Waals surface area contributed by atoms with Gasteiger partial charge in [-0.05, 0) is 12.0 Å². The van der Waals surface area contributed by atoms with Crippen molar-refractivity contribution in [2.45, 2.75) is 39.8 Å². The van der Waals surface area contributed by atoms with Gasteiger partial charge >= 0.3 is 5.97 Å². The topological polar surface area (TPSA) is 58.6 Å². The van der Waals surface area contributed by atoms with Crippen LogP contribution in [0, 0.1) is 0 Å². The number of benzene rings is 1. The molecule has 0 aliphatic carbocycles. The van der Waals surface area contributed by atoms with Gasteiger partial charge in [0, 0.05) is 5.75 Å². The van der Waals surface area contributed by atoms with E-state index in [-0.39, 0.29) is 14.0 Å². The van der Waals surface area contributed by atoms with Crippen molar-refractivity contribution >= 4 is 17.9 Å². The van der Waals surface area contributed by atoms with Crippen molar-refractivity contribution in [1.29, 1.82) is 0 Å². The second kappa shape index (κ2) is 11.8. The maximum Gasteiger partial charge on any atom is 0.323 e. The normalized spacial score (nSPS) is 11.7. The van der Waals surface area contributed by atoms with Gasteiger partial charge in [0.15, 0.2) is 0 Å². The van der Waals surface area contributed by atoms with E-state index in [0.29, 0.717) is 6.61 Å². The summed E-state index contributed by atoms with van der Waals surface area (Å²) in [6, 6.07) is 9.07. The van der Waals surface area contributed by atoms with Crippen LogP contribution in [0.5, 0.6) is 0 Å². The maximum atomic E-state index is 11.0. The molecular formula is C15H25NO3S. The molecule has 1 unspecified atom stereocenters. The zero-order chi connectivity index (χ0) is 13.9. The molecule has 0 saturated heterocycles. The number of carboxylic acid groups (broad SMARTS) is 1. The summed E-state index contributed by atoms with van der Waals surface area (Å²) < 4.78 is 8.38. The number of carboxylic acids is 1. The first kappa shape index (κ1) is 19.0. The molecule has 0 aromatic heterocycles. The summed E-state index contributed by atoms with van der Waals surface area (Å²) in [5.74, 6) is 0.0379. The van der Waals surface area contributed by atoms with Crippen LogP contribution in [-0.2, 0) is 16.1 Å². The van der Waals surface area contributed by atoms with Crippen LogP contribution in [0.2, 0.25) is 0 Å². The predicted octanol–water partition coefficient (Wildman–Crippen LogP) is 3.33. The highest BCUT2D eigenvalue weighted by molar-refractivity contribution is 7.97. The fraction of sp³-hybridized carbons (Fsp3) is 0.533. The molecule has 0 fully saturated rings. The smallest absolute Gasteiger partial charge is 0.323 e. The van der Waals surface area contributed by atoms with Gasteiger partial charge in [-0.1, -0.05) is 63.1 Å². The summed E-state index contributed by atoms with van der Waals surface area (Å²) in [5, 5.41) is 9.07. The molecule has 0 radical (unpaired) electrons. The Kier molecular flexibility index (Phi) is 11.1. The van der Waals surface area contributed by atoms with Gasteiger partial charge in [-0.3, -0.25) is 4.79 Å². The molecule has 20 heavy (non-hydrogen) atoms. The van der Waals surface area contributed by atoms with E-state index in [1.807, 2.05) is 30.3 Å². The molecular weight excluding hydrogens is 274 g/mol. The Morgan fingerprint density at radius 1 is 1.40 bits per heavy atom. The lowest BCUT2D eigenvalue weighted by Gasteiger charge is -2.14. The molecule has 0 aliphatic rings. The van der Waals surface area contributed by atoms with E-state index in [0.717, 1.165) is 24.2 Å². The minimum atomic E-state index is -0.878. The summed E-state index contributed by atoms with van der Waals surface area (Å²) in [4.78, 5) is 11.0. The molecule has 0 heterocycles. The maximum absolute atomic E-state index is 11.0. The molecule has 0 bridgehead atoms. The molecule has 5 heteroatoms. The fourth-order valence-electron chi connectivity index (χ4n) is 1.40. The van der Waals surface area contributed by atoms with E-state index >= 15 is 0 Å². The van der Waals surface area contributed by atoms with Crippen LogP contribution in [0.25, 0.3) is 0 Å². The molecule has 1 rings (SSSR count). The summed E-state index contributed by atoms with van der Waals surface area (Å²) >= 11 is 1.45. The zero-order valence-electron chi connectivity index (χ0n) is 11.2. The highest BCUT2D eigenvalue weighted by Crippen LogP contribution is 2.04. The Morgan fingerprint density at radius 2 is 2.10 bits per heavy atom. The van der Waals surface area contributed by atoms with Gasteiger partial charge in [0.05, 0.1) is 13.2 Å². The lowest BCUT2D eigenvalue weighted by Crippen LogP contribution is -2.36. The molecule has 4 nitrogen and oxygen atoms in total. The van der Waals surface area contributed by atoms with Gasteiger partial charge in [0.2, 0.25) is 0 Å². The second-order valence-electron chi connectivity index (χ2n) is 4.21. The highest BCUT2D eigenvalue weighted by Gasteiger charge is 2.16. The average molecular weight is 299 g/mol. The number of hydrogen-bond donors (Lipinski definition) is 2. The second-order valence-corrected chi connectivity index (χ2v) is 5.14. The van der Waals surface area contributed by atoms with Gasteiger partial charge in [0.25, 0.3) is 0 Å². The number of rotatable bonds is 10. The largest absolute Gasteiger partial charge is 0.480 e. The standard InChI is InChI=1S/C14H21NO3S.CH4/c1-2-3-9-19-15-13(14(16)17)11-18-10-12-7-5-4-6-8-12;/h4-8,13,15H,2-3,9-11H2,1H3,(H,16,17);1H4. The Bertz CT molecular complexity index is 359. The highest BCUT2D eigenvalue weighted by atomic mass is 32.2. The van der Waals surface area contributed by atoms with Crippen molar-refractivity contribution in [3.05, 3.63) is 35.9 Å².